The molecule has 4 aliphatic rings. The molecule has 0 bridgehead atoms. The molecule has 3 aliphatic heterocycles. The molecule has 26 heteroatoms. The van der Waals surface area contributed by atoms with Crippen molar-refractivity contribution in [1.82, 2.24) is 51.7 Å². The second-order valence-electron chi connectivity index (χ2n) is 23.5. The monoisotopic (exact) mass is 1200 g/mol. The van der Waals surface area contributed by atoms with Gasteiger partial charge in [-0.3, -0.25) is 57.6 Å². The van der Waals surface area contributed by atoms with E-state index < -0.39 is 114 Å². The van der Waals surface area contributed by atoms with Gasteiger partial charge in [0, 0.05) is 61.4 Å². The fourth-order valence-corrected chi connectivity index (χ4v) is 11.6. The molecule has 1 fully saturated rings. The first-order chi connectivity index (χ1) is 41.3. The molecule has 4 aromatic rings. The molecule has 25 nitrogen and oxygen atoms in total. The van der Waals surface area contributed by atoms with Gasteiger partial charge in [-0.2, -0.15) is 0 Å². The molecule has 9 N–H and O–H groups in total. The molecule has 5 atom stereocenters. The van der Waals surface area contributed by atoms with E-state index in [9.17, 15) is 67.7 Å². The maximum absolute atomic E-state index is 15.4. The number of benzene rings is 2. The third kappa shape index (κ3) is 14.7. The molecule has 1 aliphatic carbocycles. The van der Waals surface area contributed by atoms with Gasteiger partial charge in [0.05, 0.1) is 67.0 Å². The second kappa shape index (κ2) is 27.2. The van der Waals surface area contributed by atoms with E-state index in [1.54, 1.807) is 50.2 Å². The largest absolute Gasteiger partial charge is 0.481 e. The Morgan fingerprint density at radius 3 is 2.15 bits per heavy atom. The van der Waals surface area contributed by atoms with Crippen LogP contribution in [0, 0.1) is 24.1 Å². The maximum Gasteiger partial charge on any atom is 0.343 e. The molecule has 0 saturated carbocycles. The van der Waals surface area contributed by atoms with Crippen molar-refractivity contribution >= 4 is 76.0 Å². The van der Waals surface area contributed by atoms with Crippen LogP contribution in [0.3, 0.4) is 0 Å². The summed E-state index contributed by atoms with van der Waals surface area (Å²) in [7, 11) is 0. The number of aliphatic hydroxyl groups is 1. The van der Waals surface area contributed by atoms with E-state index >= 15 is 4.39 Å². The third-order valence-corrected chi connectivity index (χ3v) is 16.4. The number of pyridine rings is 2. The number of esters is 1. The summed E-state index contributed by atoms with van der Waals surface area (Å²) >= 11 is 0. The van der Waals surface area contributed by atoms with Crippen LogP contribution in [-0.2, 0) is 89.1 Å². The van der Waals surface area contributed by atoms with Crippen LogP contribution >= 0.6 is 0 Å². The summed E-state index contributed by atoms with van der Waals surface area (Å²) in [5.41, 5.74) is 1.54. The zero-order chi connectivity index (χ0) is 63.1. The van der Waals surface area contributed by atoms with Crippen LogP contribution in [0.25, 0.3) is 22.3 Å². The number of ether oxygens (including phenoxy) is 1. The molecular formula is C61H73FN10O15. The molecule has 0 radical (unpaired) electrons. The van der Waals surface area contributed by atoms with E-state index in [2.05, 4.69) is 37.2 Å². The molecule has 2 aromatic carbocycles. The quantitative estimate of drug-likeness (QED) is 0.0215. The number of carbonyl (C=O) groups excluding carboxylic acids is 10. The molecule has 8 rings (SSSR count). The standard InChI is InChI=1S/C61H73FN10O15/c1-6-61(86)37-23-44-54-35(30-72(44)57(83)36(37)31-87-59(61)85)53-40(19-18-34-32(2)39(62)25-41(70-54)52(34)53)67-46(74)17-13-20-63-47(75)27-65-55(81)42(22-33-14-9-7-10-15-33)69-49(77)29-64-48(76)28-66-56(82)43(26-51(79)80)68-45(73)16-11-8-12-21-71-50(78)24-38(58(71)84)60(3,4)5/h7,9-10,14-15,23,25,38,40,42-43,86H,6,8,11-13,16-22,24,26-31H2,1-5H3,(H,63,75)(H,64,76)(H,65,81)(H,66,82)(H,67,74)(H,68,73)(H,69,77)(H,79,80)/t38?,40-,42-,43-,61-/m0/s1. The number of cyclic esters (lactones) is 1. The fourth-order valence-electron chi connectivity index (χ4n) is 11.6. The van der Waals surface area contributed by atoms with E-state index in [0.29, 0.717) is 76.6 Å². The summed E-state index contributed by atoms with van der Waals surface area (Å²) in [5.74, 6) is -8.58. The summed E-state index contributed by atoms with van der Waals surface area (Å²) in [5, 5.41) is 39.2. The van der Waals surface area contributed by atoms with Crippen molar-refractivity contribution < 1.29 is 72.1 Å². The van der Waals surface area contributed by atoms with Gasteiger partial charge in [-0.05, 0) is 79.2 Å². The first-order valence-corrected chi connectivity index (χ1v) is 29.2. The lowest BCUT2D eigenvalue weighted by molar-refractivity contribution is -0.172. The van der Waals surface area contributed by atoms with Gasteiger partial charge >= 0.3 is 11.9 Å². The second-order valence-corrected chi connectivity index (χ2v) is 23.5. The highest BCUT2D eigenvalue weighted by molar-refractivity contribution is 6.04. The number of aryl methyl sites for hydroxylation is 1. The smallest absolute Gasteiger partial charge is 0.343 e. The molecule has 0 spiro atoms. The Morgan fingerprint density at radius 2 is 1.47 bits per heavy atom. The zero-order valence-corrected chi connectivity index (χ0v) is 49.2. The summed E-state index contributed by atoms with van der Waals surface area (Å²) in [6.45, 7) is 7.09. The van der Waals surface area contributed by atoms with Crippen molar-refractivity contribution in [2.45, 2.75) is 149 Å². The van der Waals surface area contributed by atoms with E-state index in [1.165, 1.54) is 15.5 Å². The molecule has 1 unspecified atom stereocenters. The zero-order valence-electron chi connectivity index (χ0n) is 49.2. The number of aliphatic carboxylic acids is 1. The van der Waals surface area contributed by atoms with E-state index in [-0.39, 0.29) is 99.0 Å². The van der Waals surface area contributed by atoms with Gasteiger partial charge in [0.25, 0.3) is 5.56 Å². The number of hydrogen-bond donors (Lipinski definition) is 9. The minimum atomic E-state index is -2.06. The van der Waals surface area contributed by atoms with Gasteiger partial charge < -0.3 is 56.7 Å². The van der Waals surface area contributed by atoms with Gasteiger partial charge in [-0.15, -0.1) is 0 Å². The number of carboxylic acid groups (broad SMARTS) is 1. The van der Waals surface area contributed by atoms with Crippen molar-refractivity contribution in [1.29, 1.82) is 0 Å². The number of carbonyl (C=O) groups is 11. The molecule has 1 saturated heterocycles. The average molecular weight is 1210 g/mol. The van der Waals surface area contributed by atoms with Crippen molar-refractivity contribution in [3.05, 3.63) is 97.6 Å². The van der Waals surface area contributed by atoms with Crippen LogP contribution in [0.2, 0.25) is 0 Å². The highest BCUT2D eigenvalue weighted by Crippen LogP contribution is 2.46. The Balaban J connectivity index is 0.782. The number of hydrogen-bond acceptors (Lipinski definition) is 15. The Bertz CT molecular complexity index is 3510. The number of rotatable bonds is 26. The normalized spacial score (nSPS) is 18.1. The number of nitrogens with one attached hydrogen (secondary N) is 7. The fraction of sp³-hybridized carbons (Fsp3) is 0.492. The minimum absolute atomic E-state index is 0.0143. The van der Waals surface area contributed by atoms with Crippen molar-refractivity contribution in [2.75, 3.05) is 32.7 Å². The Kier molecular flexibility index (Phi) is 20.0. The Labute approximate surface area is 499 Å². The number of imide groups is 1. The average Bonchev–Trinajstić information content (AvgIpc) is 1.69. The Morgan fingerprint density at radius 1 is 0.805 bits per heavy atom. The highest BCUT2D eigenvalue weighted by atomic mass is 19.1. The van der Waals surface area contributed by atoms with Gasteiger partial charge in [-0.1, -0.05) is 64.4 Å². The number of halogens is 1. The number of carboxylic acids is 1. The van der Waals surface area contributed by atoms with E-state index in [0.717, 1.165) is 5.56 Å². The SMILES string of the molecule is CC[C@@]1(O)C(=O)OCc2c1cc1n(c2=O)Cc2c-1nc1cc(F)c(C)c3c1c2[C@@H](NC(=O)CCCNC(=O)CNC(=O)[C@H](Cc1ccccc1)NC(=O)CNC(=O)CNC(=O)[C@H](CC(=O)O)NC(=O)CCCCCN1C(=O)CC(C(C)(C)C)C1=O)CC3. The first-order valence-electron chi connectivity index (χ1n) is 29.2. The van der Waals surface area contributed by atoms with Crippen LogP contribution in [0.4, 0.5) is 4.39 Å². The van der Waals surface area contributed by atoms with Crippen LogP contribution in [0.1, 0.15) is 137 Å². The van der Waals surface area contributed by atoms with Crippen molar-refractivity contribution in [3.8, 4) is 11.4 Å². The number of aromatic nitrogens is 2. The molecule has 464 valence electrons. The number of nitrogens with zero attached hydrogens (tertiary/aromatic N) is 3. The van der Waals surface area contributed by atoms with Gasteiger partial charge in [0.2, 0.25) is 53.2 Å². The minimum Gasteiger partial charge on any atom is -0.481 e. The molecule has 2 aromatic heterocycles. The molecule has 5 heterocycles. The third-order valence-electron chi connectivity index (χ3n) is 16.4. The number of likely N-dealkylation sites (tertiary alicyclic amines) is 1. The first kappa shape index (κ1) is 64.1. The van der Waals surface area contributed by atoms with Crippen LogP contribution in [0.5, 0.6) is 0 Å². The summed E-state index contributed by atoms with van der Waals surface area (Å²) in [6.07, 6.45) is 1.40. The predicted octanol–water partition coefficient (Wildman–Crippen LogP) is 1.54. The van der Waals surface area contributed by atoms with Crippen LogP contribution in [0.15, 0.2) is 47.3 Å². The summed E-state index contributed by atoms with van der Waals surface area (Å²) in [6, 6.07) is 8.17. The lowest BCUT2D eigenvalue weighted by atomic mass is 9.80. The maximum atomic E-state index is 15.4. The Hall–Kier alpha value is -8.94. The van der Waals surface area contributed by atoms with Crippen LogP contribution in [-0.4, -0.2) is 135 Å². The number of fused-ring (bicyclic) bond motifs is 5. The number of unbranched alkanes of at least 4 members (excludes halogenated alkanes) is 2. The lowest BCUT2D eigenvalue weighted by Gasteiger charge is -2.31. The molecule has 87 heavy (non-hydrogen) atoms. The highest BCUT2D eigenvalue weighted by Gasteiger charge is 2.47. The lowest BCUT2D eigenvalue weighted by Crippen LogP contribution is -2.53. The van der Waals surface area contributed by atoms with Crippen molar-refractivity contribution in [2.24, 2.45) is 11.3 Å². The van der Waals surface area contributed by atoms with Gasteiger partial charge in [0.1, 0.15) is 24.5 Å². The van der Waals surface area contributed by atoms with E-state index in [1.807, 2.05) is 20.8 Å². The molecule has 9 amide bonds. The number of amides is 9. The predicted molar refractivity (Wildman–Crippen MR) is 309 cm³/mol. The van der Waals surface area contributed by atoms with Gasteiger partial charge in [0.15, 0.2) is 5.60 Å². The molecular weight excluding hydrogens is 1130 g/mol. The topological polar surface area (TPSA) is 360 Å². The summed E-state index contributed by atoms with van der Waals surface area (Å²) in [4.78, 5) is 161. The van der Waals surface area contributed by atoms with Crippen molar-refractivity contribution in [3.63, 3.8) is 0 Å². The summed E-state index contributed by atoms with van der Waals surface area (Å²) < 4.78 is 22.1. The van der Waals surface area contributed by atoms with Gasteiger partial charge in [-0.25, -0.2) is 14.2 Å². The van der Waals surface area contributed by atoms with E-state index in [4.69, 9.17) is 9.72 Å². The van der Waals surface area contributed by atoms with Crippen LogP contribution < -0.4 is 42.8 Å².